The van der Waals surface area contributed by atoms with Crippen LogP contribution in [-0.4, -0.2) is 43.9 Å². The SMILES string of the molecule is CCNC(=NCc1ccnc(N(C)C)c1)NCCCSc1ccc(F)cc1.I. The molecule has 2 rings (SSSR count). The van der Waals surface area contributed by atoms with Crippen molar-refractivity contribution in [2.45, 2.75) is 24.8 Å². The van der Waals surface area contributed by atoms with Crippen LogP contribution >= 0.6 is 35.7 Å². The molecule has 0 amide bonds. The van der Waals surface area contributed by atoms with Gasteiger partial charge in [0.2, 0.25) is 0 Å². The Labute approximate surface area is 188 Å². The maximum atomic E-state index is 12.9. The number of hydrogen-bond acceptors (Lipinski definition) is 4. The minimum absolute atomic E-state index is 0. The van der Waals surface area contributed by atoms with Crippen LogP contribution in [0, 0.1) is 5.82 Å². The minimum atomic E-state index is -0.195. The molecule has 0 saturated carbocycles. The largest absolute Gasteiger partial charge is 0.363 e. The Kier molecular flexibility index (Phi) is 11.9. The molecule has 0 bridgehead atoms. The van der Waals surface area contributed by atoms with Crippen LogP contribution in [0.15, 0.2) is 52.5 Å². The van der Waals surface area contributed by atoms with E-state index in [0.717, 1.165) is 47.5 Å². The molecule has 0 saturated heterocycles. The summed E-state index contributed by atoms with van der Waals surface area (Å²) < 4.78 is 12.9. The molecule has 0 atom stereocenters. The third-order valence-corrected chi connectivity index (χ3v) is 4.83. The first-order valence-corrected chi connectivity index (χ1v) is 10.1. The Morgan fingerprint density at radius 2 is 1.93 bits per heavy atom. The van der Waals surface area contributed by atoms with Gasteiger partial charge in [0.05, 0.1) is 6.54 Å². The smallest absolute Gasteiger partial charge is 0.191 e. The summed E-state index contributed by atoms with van der Waals surface area (Å²) in [6.45, 7) is 4.30. The number of rotatable bonds is 9. The first-order valence-electron chi connectivity index (χ1n) is 9.11. The lowest BCUT2D eigenvalue weighted by atomic mass is 10.2. The van der Waals surface area contributed by atoms with E-state index in [4.69, 9.17) is 0 Å². The first kappa shape index (κ1) is 24.5. The highest BCUT2D eigenvalue weighted by atomic mass is 127. The lowest BCUT2D eigenvalue weighted by molar-refractivity contribution is 0.626. The van der Waals surface area contributed by atoms with E-state index in [1.54, 1.807) is 11.8 Å². The molecule has 0 aliphatic carbocycles. The van der Waals surface area contributed by atoms with Gasteiger partial charge in [-0.3, -0.25) is 0 Å². The lowest BCUT2D eigenvalue weighted by Gasteiger charge is -2.13. The standard InChI is InChI=1S/C20H28FN5S.HI/c1-4-22-20(25-15-16-10-12-23-19(14-16)26(2)3)24-11-5-13-27-18-8-6-17(21)7-9-18;/h6-10,12,14H,4-5,11,13,15H2,1-3H3,(H2,22,24,25);1H. The first-order chi connectivity index (χ1) is 13.1. The number of thioether (sulfide) groups is 1. The number of pyridine rings is 1. The predicted molar refractivity (Wildman–Crippen MR) is 129 cm³/mol. The zero-order valence-electron chi connectivity index (χ0n) is 16.6. The molecule has 5 nitrogen and oxygen atoms in total. The van der Waals surface area contributed by atoms with E-state index in [1.165, 1.54) is 12.1 Å². The van der Waals surface area contributed by atoms with E-state index in [1.807, 2.05) is 49.5 Å². The number of nitrogens with zero attached hydrogens (tertiary/aromatic N) is 3. The maximum absolute atomic E-state index is 12.9. The van der Waals surface area contributed by atoms with Crippen LogP contribution in [0.1, 0.15) is 18.9 Å². The predicted octanol–water partition coefficient (Wildman–Crippen LogP) is 4.14. The Balaban J connectivity index is 0.00000392. The average Bonchev–Trinajstić information content (AvgIpc) is 2.67. The Morgan fingerprint density at radius 1 is 1.18 bits per heavy atom. The minimum Gasteiger partial charge on any atom is -0.363 e. The molecule has 0 unspecified atom stereocenters. The van der Waals surface area contributed by atoms with Gasteiger partial charge < -0.3 is 15.5 Å². The van der Waals surface area contributed by atoms with Gasteiger partial charge in [0, 0.05) is 38.3 Å². The number of benzene rings is 1. The van der Waals surface area contributed by atoms with Crippen LogP contribution < -0.4 is 15.5 Å². The molecule has 0 aliphatic rings. The quantitative estimate of drug-likeness (QED) is 0.172. The molecular weight excluding hydrogens is 488 g/mol. The second kappa shape index (κ2) is 13.6. The van der Waals surface area contributed by atoms with Gasteiger partial charge in [-0.05, 0) is 61.1 Å². The van der Waals surface area contributed by atoms with Crippen LogP contribution in [0.3, 0.4) is 0 Å². The summed E-state index contributed by atoms with van der Waals surface area (Å²) >= 11 is 1.73. The highest BCUT2D eigenvalue weighted by molar-refractivity contribution is 14.0. The van der Waals surface area contributed by atoms with Gasteiger partial charge in [0.1, 0.15) is 11.6 Å². The fraction of sp³-hybridized carbons (Fsp3) is 0.400. The number of nitrogens with one attached hydrogen (secondary N) is 2. The van der Waals surface area contributed by atoms with Gasteiger partial charge in [-0.15, -0.1) is 35.7 Å². The molecule has 154 valence electrons. The van der Waals surface area contributed by atoms with Crippen molar-refractivity contribution >= 4 is 47.5 Å². The van der Waals surface area contributed by atoms with Gasteiger partial charge in [-0.2, -0.15) is 0 Å². The summed E-state index contributed by atoms with van der Waals surface area (Å²) in [6, 6.07) is 10.7. The van der Waals surface area contributed by atoms with Crippen molar-refractivity contribution in [2.75, 3.05) is 37.8 Å². The third-order valence-electron chi connectivity index (χ3n) is 3.73. The van der Waals surface area contributed by atoms with Crippen molar-refractivity contribution in [2.24, 2.45) is 4.99 Å². The van der Waals surface area contributed by atoms with E-state index in [0.29, 0.717) is 6.54 Å². The fourth-order valence-electron chi connectivity index (χ4n) is 2.32. The van der Waals surface area contributed by atoms with Gasteiger partial charge in [0.25, 0.3) is 0 Å². The maximum Gasteiger partial charge on any atom is 0.191 e. The van der Waals surface area contributed by atoms with Crippen LogP contribution in [0.25, 0.3) is 0 Å². The molecule has 2 aromatic rings. The molecule has 1 aromatic heterocycles. The Bertz CT molecular complexity index is 725. The normalized spacial score (nSPS) is 10.9. The molecule has 1 aromatic carbocycles. The lowest BCUT2D eigenvalue weighted by Crippen LogP contribution is -2.37. The zero-order valence-corrected chi connectivity index (χ0v) is 19.8. The summed E-state index contributed by atoms with van der Waals surface area (Å²) in [6.07, 6.45) is 2.81. The van der Waals surface area contributed by atoms with Crippen molar-refractivity contribution in [1.29, 1.82) is 0 Å². The van der Waals surface area contributed by atoms with Crippen molar-refractivity contribution in [3.8, 4) is 0 Å². The van der Waals surface area contributed by atoms with Crippen LogP contribution in [-0.2, 0) is 6.54 Å². The molecule has 8 heteroatoms. The van der Waals surface area contributed by atoms with Crippen LogP contribution in [0.4, 0.5) is 10.2 Å². The van der Waals surface area contributed by atoms with Gasteiger partial charge in [0.15, 0.2) is 5.96 Å². The van der Waals surface area contributed by atoms with E-state index in [-0.39, 0.29) is 29.8 Å². The number of anilines is 1. The third kappa shape index (κ3) is 9.09. The summed E-state index contributed by atoms with van der Waals surface area (Å²) in [5, 5.41) is 6.63. The summed E-state index contributed by atoms with van der Waals surface area (Å²) in [5.74, 6) is 2.51. The molecular formula is C20H29FIN5S. The van der Waals surface area contributed by atoms with Gasteiger partial charge >= 0.3 is 0 Å². The van der Waals surface area contributed by atoms with E-state index >= 15 is 0 Å². The monoisotopic (exact) mass is 517 g/mol. The van der Waals surface area contributed by atoms with Crippen molar-refractivity contribution in [3.63, 3.8) is 0 Å². The number of aromatic nitrogens is 1. The second-order valence-corrected chi connectivity index (χ2v) is 7.36. The molecule has 0 spiro atoms. The summed E-state index contributed by atoms with van der Waals surface area (Å²) in [4.78, 5) is 12.0. The molecule has 28 heavy (non-hydrogen) atoms. The highest BCUT2D eigenvalue weighted by Crippen LogP contribution is 2.18. The van der Waals surface area contributed by atoms with Gasteiger partial charge in [-0.1, -0.05) is 0 Å². The zero-order chi connectivity index (χ0) is 19.5. The second-order valence-electron chi connectivity index (χ2n) is 6.19. The number of aliphatic imine (C=N–C) groups is 1. The Morgan fingerprint density at radius 3 is 2.61 bits per heavy atom. The Hall–Kier alpha value is -1.55. The van der Waals surface area contributed by atoms with Crippen LogP contribution in [0.5, 0.6) is 0 Å². The number of guanidine groups is 1. The van der Waals surface area contributed by atoms with Gasteiger partial charge in [-0.25, -0.2) is 14.4 Å². The van der Waals surface area contributed by atoms with E-state index < -0.39 is 0 Å². The molecule has 0 radical (unpaired) electrons. The highest BCUT2D eigenvalue weighted by Gasteiger charge is 2.01. The fourth-order valence-corrected chi connectivity index (χ4v) is 3.17. The van der Waals surface area contributed by atoms with E-state index in [9.17, 15) is 4.39 Å². The summed E-state index contributed by atoms with van der Waals surface area (Å²) in [7, 11) is 3.95. The molecule has 0 aliphatic heterocycles. The van der Waals surface area contributed by atoms with Crippen LogP contribution in [0.2, 0.25) is 0 Å². The number of halogens is 2. The van der Waals surface area contributed by atoms with Crippen molar-refractivity contribution < 1.29 is 4.39 Å². The number of hydrogen-bond donors (Lipinski definition) is 2. The summed E-state index contributed by atoms with van der Waals surface area (Å²) in [5.41, 5.74) is 1.12. The topological polar surface area (TPSA) is 52.6 Å². The molecule has 0 fully saturated rings. The average molecular weight is 517 g/mol. The van der Waals surface area contributed by atoms with E-state index in [2.05, 4.69) is 27.5 Å². The van der Waals surface area contributed by atoms with Crippen molar-refractivity contribution in [1.82, 2.24) is 15.6 Å². The molecule has 1 heterocycles. The molecule has 2 N–H and O–H groups in total. The van der Waals surface area contributed by atoms with Crippen molar-refractivity contribution in [3.05, 3.63) is 54.0 Å².